The molecule has 2 heterocycles. The van der Waals surface area contributed by atoms with Gasteiger partial charge in [0, 0.05) is 6.54 Å². The zero-order chi connectivity index (χ0) is 22.9. The van der Waals surface area contributed by atoms with E-state index in [0.717, 1.165) is 42.2 Å². The second kappa shape index (κ2) is 8.83. The van der Waals surface area contributed by atoms with E-state index in [2.05, 4.69) is 70.3 Å². The van der Waals surface area contributed by atoms with E-state index in [1.54, 1.807) is 6.07 Å². The van der Waals surface area contributed by atoms with Crippen LogP contribution in [0.2, 0.25) is 0 Å². The summed E-state index contributed by atoms with van der Waals surface area (Å²) in [5, 5.41) is 9.68. The van der Waals surface area contributed by atoms with Gasteiger partial charge in [0.2, 0.25) is 0 Å². The predicted molar refractivity (Wildman–Crippen MR) is 132 cm³/mol. The monoisotopic (exact) mass is 439 g/mol. The van der Waals surface area contributed by atoms with Gasteiger partial charge >= 0.3 is 5.97 Å². The van der Waals surface area contributed by atoms with E-state index in [-0.39, 0.29) is 5.56 Å². The maximum Gasteiger partial charge on any atom is 0.337 e. The van der Waals surface area contributed by atoms with Gasteiger partial charge in [0.05, 0.1) is 11.1 Å². The van der Waals surface area contributed by atoms with E-state index < -0.39 is 5.97 Å². The lowest BCUT2D eigenvalue weighted by Gasteiger charge is -2.30. The summed E-state index contributed by atoms with van der Waals surface area (Å²) in [7, 11) is 0. The summed E-state index contributed by atoms with van der Waals surface area (Å²) < 4.78 is 0. The fraction of sp³-hybridized carbons (Fsp3) is 0.286. The molecule has 1 aliphatic rings. The minimum Gasteiger partial charge on any atom is -0.478 e. The molecule has 0 amide bonds. The fourth-order valence-electron chi connectivity index (χ4n) is 4.81. The van der Waals surface area contributed by atoms with Gasteiger partial charge in [-0.3, -0.25) is 4.90 Å². The Kier molecular flexibility index (Phi) is 5.73. The average molecular weight is 440 g/mol. The van der Waals surface area contributed by atoms with Crippen LogP contribution in [0.1, 0.15) is 41.5 Å². The topological polar surface area (TPSA) is 69.2 Å². The number of nitrogens with one attached hydrogen (secondary N) is 1. The molecule has 0 bridgehead atoms. The van der Waals surface area contributed by atoms with Crippen molar-refractivity contribution in [3.05, 3.63) is 77.6 Å². The minimum atomic E-state index is -0.967. The number of rotatable bonds is 5. The van der Waals surface area contributed by atoms with Crippen molar-refractivity contribution in [3.63, 3.8) is 0 Å². The highest BCUT2D eigenvalue weighted by atomic mass is 16.4. The van der Waals surface area contributed by atoms with Gasteiger partial charge in [0.15, 0.2) is 0 Å². The number of fused-ring (bicyclic) bond motifs is 1. The number of aromatic amines is 1. The van der Waals surface area contributed by atoms with Crippen LogP contribution < -0.4 is 0 Å². The summed E-state index contributed by atoms with van der Waals surface area (Å²) in [5.74, 6) is 0.571. The molecule has 0 radical (unpaired) electrons. The van der Waals surface area contributed by atoms with Crippen molar-refractivity contribution in [2.45, 2.75) is 33.2 Å². The lowest BCUT2D eigenvalue weighted by molar-refractivity contribution is 0.0699. The number of carboxylic acids is 1. The number of aromatic carboxylic acids is 1. The van der Waals surface area contributed by atoms with Crippen molar-refractivity contribution in [1.82, 2.24) is 14.9 Å². The molecule has 33 heavy (non-hydrogen) atoms. The van der Waals surface area contributed by atoms with E-state index >= 15 is 0 Å². The normalized spacial score (nSPS) is 15.2. The highest BCUT2D eigenvalue weighted by Crippen LogP contribution is 2.31. The maximum absolute atomic E-state index is 11.8. The summed E-state index contributed by atoms with van der Waals surface area (Å²) in [5.41, 5.74) is 7.10. The number of aromatic nitrogens is 2. The highest BCUT2D eigenvalue weighted by Gasteiger charge is 2.18. The van der Waals surface area contributed by atoms with Crippen LogP contribution in [-0.2, 0) is 6.54 Å². The Labute approximate surface area is 194 Å². The van der Waals surface area contributed by atoms with Gasteiger partial charge in [-0.1, -0.05) is 55.5 Å². The van der Waals surface area contributed by atoms with Crippen LogP contribution in [0, 0.1) is 12.8 Å². The van der Waals surface area contributed by atoms with Gasteiger partial charge < -0.3 is 10.1 Å². The van der Waals surface area contributed by atoms with E-state index in [0.29, 0.717) is 11.3 Å². The number of aryl methyl sites for hydroxylation is 1. The van der Waals surface area contributed by atoms with Crippen molar-refractivity contribution < 1.29 is 9.90 Å². The largest absolute Gasteiger partial charge is 0.478 e. The first kappa shape index (κ1) is 21.4. The third-order valence-corrected chi connectivity index (χ3v) is 6.75. The first-order valence-corrected chi connectivity index (χ1v) is 11.6. The molecule has 168 valence electrons. The molecule has 0 spiro atoms. The van der Waals surface area contributed by atoms with Crippen LogP contribution in [0.5, 0.6) is 0 Å². The molecule has 1 aromatic heterocycles. The second-order valence-corrected chi connectivity index (χ2v) is 9.24. The Morgan fingerprint density at radius 1 is 1.03 bits per heavy atom. The number of carboxylic acid groups (broad SMARTS) is 1. The van der Waals surface area contributed by atoms with Gasteiger partial charge in [-0.05, 0) is 78.7 Å². The Hall–Kier alpha value is -3.44. The number of carbonyl (C=O) groups is 1. The molecule has 5 rings (SSSR count). The Balaban J connectivity index is 1.45. The van der Waals surface area contributed by atoms with E-state index in [4.69, 9.17) is 0 Å². The van der Waals surface area contributed by atoms with Gasteiger partial charge in [-0.15, -0.1) is 0 Å². The van der Waals surface area contributed by atoms with E-state index in [9.17, 15) is 9.90 Å². The van der Waals surface area contributed by atoms with E-state index in [1.165, 1.54) is 29.5 Å². The zero-order valence-electron chi connectivity index (χ0n) is 19.1. The summed E-state index contributed by atoms with van der Waals surface area (Å²) in [6.45, 7) is 7.48. The molecule has 2 N–H and O–H groups in total. The van der Waals surface area contributed by atoms with Gasteiger partial charge in [0.1, 0.15) is 11.3 Å². The third-order valence-electron chi connectivity index (χ3n) is 6.75. The molecule has 5 nitrogen and oxygen atoms in total. The van der Waals surface area contributed by atoms with Crippen molar-refractivity contribution in [2.24, 2.45) is 5.92 Å². The number of likely N-dealkylation sites (tertiary alicyclic amines) is 1. The first-order valence-electron chi connectivity index (χ1n) is 11.6. The van der Waals surface area contributed by atoms with Crippen LogP contribution >= 0.6 is 0 Å². The number of nitrogens with zero attached hydrogens (tertiary/aromatic N) is 2. The van der Waals surface area contributed by atoms with Gasteiger partial charge in [-0.2, -0.15) is 0 Å². The standard InChI is InChI=1S/C28H29N3O2/c1-18-11-13-31(14-12-18)17-22-5-3-4-6-24(22)21-9-7-20(8-10-21)23-15-25(28(32)33)27-26(16-23)29-19(2)30-27/h3-10,15-16,18H,11-14,17H2,1-2H3,(H,29,30)(H,32,33). The van der Waals surface area contributed by atoms with E-state index in [1.807, 2.05) is 13.0 Å². The fourth-order valence-corrected chi connectivity index (χ4v) is 4.81. The van der Waals surface area contributed by atoms with Crippen LogP contribution in [0.3, 0.4) is 0 Å². The zero-order valence-corrected chi connectivity index (χ0v) is 19.1. The maximum atomic E-state index is 11.8. The van der Waals surface area contributed by atoms with Crippen molar-refractivity contribution in [1.29, 1.82) is 0 Å². The molecule has 4 aromatic rings. The van der Waals surface area contributed by atoms with Crippen LogP contribution in [0.15, 0.2) is 60.7 Å². The Morgan fingerprint density at radius 3 is 2.45 bits per heavy atom. The summed E-state index contributed by atoms with van der Waals surface area (Å²) >= 11 is 0. The predicted octanol–water partition coefficient (Wildman–Crippen LogP) is 6.14. The Bertz CT molecular complexity index is 1300. The second-order valence-electron chi connectivity index (χ2n) is 9.24. The molecular weight excluding hydrogens is 410 g/mol. The molecule has 1 fully saturated rings. The first-order chi connectivity index (χ1) is 16.0. The molecule has 0 unspecified atom stereocenters. The SMILES string of the molecule is Cc1nc2c(C(=O)O)cc(-c3ccc(-c4ccccc4CN4CCC(C)CC4)cc3)cc2[nH]1. The minimum absolute atomic E-state index is 0.220. The average Bonchev–Trinajstić information content (AvgIpc) is 3.20. The van der Waals surface area contributed by atoms with Gasteiger partial charge in [0.25, 0.3) is 0 Å². The number of hydrogen-bond donors (Lipinski definition) is 2. The molecule has 3 aromatic carbocycles. The third kappa shape index (κ3) is 4.41. The molecular formula is C28H29N3O2. The van der Waals surface area contributed by atoms with Gasteiger partial charge in [-0.25, -0.2) is 9.78 Å². The summed E-state index contributed by atoms with van der Waals surface area (Å²) in [4.78, 5) is 21.9. The lowest BCUT2D eigenvalue weighted by atomic mass is 9.94. The van der Waals surface area contributed by atoms with Crippen molar-refractivity contribution >= 4 is 17.0 Å². The smallest absolute Gasteiger partial charge is 0.337 e. The molecule has 5 heteroatoms. The molecule has 0 aliphatic carbocycles. The molecule has 0 saturated carbocycles. The molecule has 1 aliphatic heterocycles. The summed E-state index contributed by atoms with van der Waals surface area (Å²) in [6, 6.07) is 20.7. The number of hydrogen-bond acceptors (Lipinski definition) is 3. The van der Waals surface area contributed by atoms with Crippen LogP contribution in [-0.4, -0.2) is 39.0 Å². The molecule has 0 atom stereocenters. The number of piperidine rings is 1. The molecule has 1 saturated heterocycles. The van der Waals surface area contributed by atoms with Crippen LogP contribution in [0.25, 0.3) is 33.3 Å². The summed E-state index contributed by atoms with van der Waals surface area (Å²) in [6.07, 6.45) is 2.55. The Morgan fingerprint density at radius 2 is 1.73 bits per heavy atom. The number of benzene rings is 3. The number of imidazole rings is 1. The van der Waals surface area contributed by atoms with Crippen molar-refractivity contribution in [3.8, 4) is 22.3 Å². The lowest BCUT2D eigenvalue weighted by Crippen LogP contribution is -2.32. The van der Waals surface area contributed by atoms with Crippen LogP contribution in [0.4, 0.5) is 0 Å². The van der Waals surface area contributed by atoms with Crippen molar-refractivity contribution in [2.75, 3.05) is 13.1 Å². The highest BCUT2D eigenvalue weighted by molar-refractivity contribution is 6.03. The number of H-pyrrole nitrogens is 1. The quantitative estimate of drug-likeness (QED) is 0.392.